The Labute approximate surface area is 161 Å². The molecule has 0 aromatic heterocycles. The van der Waals surface area contributed by atoms with E-state index < -0.39 is 0 Å². The van der Waals surface area contributed by atoms with Crippen molar-refractivity contribution in [3.8, 4) is 11.5 Å². The molecule has 1 fully saturated rings. The van der Waals surface area contributed by atoms with Crippen LogP contribution in [0.1, 0.15) is 42.1 Å². The lowest BCUT2D eigenvalue weighted by Crippen LogP contribution is -2.29. The summed E-state index contributed by atoms with van der Waals surface area (Å²) >= 11 is 0. The van der Waals surface area contributed by atoms with Crippen molar-refractivity contribution >= 4 is 11.6 Å². The third kappa shape index (κ3) is 5.23. The summed E-state index contributed by atoms with van der Waals surface area (Å²) in [6, 6.07) is 13.3. The van der Waals surface area contributed by atoms with Gasteiger partial charge >= 0.3 is 0 Å². The second-order valence-corrected chi connectivity index (χ2v) is 6.79. The molecule has 0 saturated carbocycles. The minimum absolute atomic E-state index is 0.159. The predicted molar refractivity (Wildman–Crippen MR) is 108 cm³/mol. The normalized spacial score (nSPS) is 14.6. The minimum Gasteiger partial charge on any atom is -0.493 e. The Morgan fingerprint density at radius 1 is 1.07 bits per heavy atom. The zero-order chi connectivity index (χ0) is 19.1. The number of hydrogen-bond donors (Lipinski definition) is 1. The first-order valence-corrected chi connectivity index (χ1v) is 9.63. The van der Waals surface area contributed by atoms with E-state index in [2.05, 4.69) is 22.3 Å². The topological polar surface area (TPSA) is 50.8 Å². The molecule has 0 bridgehead atoms. The monoisotopic (exact) mass is 368 g/mol. The highest BCUT2D eigenvalue weighted by Gasteiger charge is 2.13. The number of nitrogens with zero attached hydrogens (tertiary/aromatic N) is 1. The Morgan fingerprint density at radius 2 is 1.89 bits per heavy atom. The van der Waals surface area contributed by atoms with Crippen LogP contribution in [0.15, 0.2) is 42.5 Å². The van der Waals surface area contributed by atoms with Crippen LogP contribution in [0.4, 0.5) is 5.69 Å². The van der Waals surface area contributed by atoms with Crippen molar-refractivity contribution in [2.75, 3.05) is 32.1 Å². The largest absolute Gasteiger partial charge is 0.493 e. The summed E-state index contributed by atoms with van der Waals surface area (Å²) in [6.45, 7) is 5.66. The molecule has 144 valence electrons. The number of nitrogens with one attached hydrogen (secondary N) is 1. The van der Waals surface area contributed by atoms with E-state index in [0.29, 0.717) is 23.7 Å². The highest BCUT2D eigenvalue weighted by atomic mass is 16.5. The van der Waals surface area contributed by atoms with Gasteiger partial charge in [0.15, 0.2) is 11.5 Å². The molecule has 0 radical (unpaired) electrons. The van der Waals surface area contributed by atoms with Gasteiger partial charge in [0.25, 0.3) is 5.91 Å². The van der Waals surface area contributed by atoms with E-state index in [1.165, 1.54) is 24.8 Å². The molecule has 5 heteroatoms. The SMILES string of the molecule is CCOc1cc(C(=O)Nc2cccc(CN3CCCCC3)c2)ccc1OC. The summed E-state index contributed by atoms with van der Waals surface area (Å²) in [5.41, 5.74) is 2.57. The third-order valence-electron chi connectivity index (χ3n) is 4.77. The Bertz CT molecular complexity index is 770. The number of carbonyl (C=O) groups excluding carboxylic acids is 1. The van der Waals surface area contributed by atoms with Gasteiger partial charge in [-0.15, -0.1) is 0 Å². The predicted octanol–water partition coefficient (Wildman–Crippen LogP) is 4.33. The van der Waals surface area contributed by atoms with Crippen LogP contribution >= 0.6 is 0 Å². The molecule has 0 spiro atoms. The van der Waals surface area contributed by atoms with Crippen molar-refractivity contribution in [3.05, 3.63) is 53.6 Å². The van der Waals surface area contributed by atoms with Gasteiger partial charge in [0.2, 0.25) is 0 Å². The molecule has 1 saturated heterocycles. The molecular weight excluding hydrogens is 340 g/mol. The quantitative estimate of drug-likeness (QED) is 0.790. The van der Waals surface area contributed by atoms with Crippen LogP contribution in [-0.4, -0.2) is 37.6 Å². The van der Waals surface area contributed by atoms with Crippen LogP contribution in [0.5, 0.6) is 11.5 Å². The number of likely N-dealkylation sites (tertiary alicyclic amines) is 1. The summed E-state index contributed by atoms with van der Waals surface area (Å²) < 4.78 is 10.8. The summed E-state index contributed by atoms with van der Waals surface area (Å²) in [4.78, 5) is 15.1. The molecular formula is C22H28N2O3. The molecule has 3 rings (SSSR count). The standard InChI is InChI=1S/C22H28N2O3/c1-3-27-21-15-18(10-11-20(21)26-2)22(25)23-19-9-7-8-17(14-19)16-24-12-5-4-6-13-24/h7-11,14-15H,3-6,12-13,16H2,1-2H3,(H,23,25). The van der Waals surface area contributed by atoms with Crippen molar-refractivity contribution in [1.82, 2.24) is 4.90 Å². The van der Waals surface area contributed by atoms with Gasteiger partial charge in [-0.2, -0.15) is 0 Å². The number of amides is 1. The number of rotatable bonds is 7. The molecule has 2 aromatic rings. The van der Waals surface area contributed by atoms with Crippen molar-refractivity contribution < 1.29 is 14.3 Å². The van der Waals surface area contributed by atoms with Gasteiger partial charge in [-0.3, -0.25) is 9.69 Å². The van der Waals surface area contributed by atoms with E-state index in [4.69, 9.17) is 9.47 Å². The van der Waals surface area contributed by atoms with Crippen molar-refractivity contribution in [3.63, 3.8) is 0 Å². The lowest BCUT2D eigenvalue weighted by molar-refractivity contribution is 0.102. The van der Waals surface area contributed by atoms with E-state index >= 15 is 0 Å². The molecule has 1 N–H and O–H groups in total. The Balaban J connectivity index is 1.68. The molecule has 1 aliphatic heterocycles. The summed E-state index contributed by atoms with van der Waals surface area (Å²) in [5, 5.41) is 2.99. The molecule has 1 amide bonds. The first-order valence-electron chi connectivity index (χ1n) is 9.63. The Morgan fingerprint density at radius 3 is 2.63 bits per heavy atom. The third-order valence-corrected chi connectivity index (χ3v) is 4.77. The molecule has 0 aliphatic carbocycles. The fourth-order valence-electron chi connectivity index (χ4n) is 3.41. The number of methoxy groups -OCH3 is 1. The van der Waals surface area contributed by atoms with E-state index in [1.807, 2.05) is 19.1 Å². The van der Waals surface area contributed by atoms with Gasteiger partial charge in [-0.1, -0.05) is 18.6 Å². The van der Waals surface area contributed by atoms with Crippen LogP contribution in [-0.2, 0) is 6.54 Å². The zero-order valence-corrected chi connectivity index (χ0v) is 16.2. The summed E-state index contributed by atoms with van der Waals surface area (Å²) in [7, 11) is 1.59. The molecule has 1 aliphatic rings. The van der Waals surface area contributed by atoms with Crippen LogP contribution in [0.25, 0.3) is 0 Å². The maximum atomic E-state index is 12.7. The van der Waals surface area contributed by atoms with Gasteiger partial charge < -0.3 is 14.8 Å². The highest BCUT2D eigenvalue weighted by Crippen LogP contribution is 2.28. The fourth-order valence-corrected chi connectivity index (χ4v) is 3.41. The number of benzene rings is 2. The maximum absolute atomic E-state index is 12.7. The Kier molecular flexibility index (Phi) is 6.71. The molecule has 27 heavy (non-hydrogen) atoms. The van der Waals surface area contributed by atoms with Crippen molar-refractivity contribution in [2.24, 2.45) is 0 Å². The fraction of sp³-hybridized carbons (Fsp3) is 0.409. The molecule has 5 nitrogen and oxygen atoms in total. The van der Waals surface area contributed by atoms with Crippen LogP contribution in [0.3, 0.4) is 0 Å². The first kappa shape index (κ1) is 19.2. The van der Waals surface area contributed by atoms with Gasteiger partial charge in [0.05, 0.1) is 13.7 Å². The van der Waals surface area contributed by atoms with Crippen molar-refractivity contribution in [2.45, 2.75) is 32.7 Å². The lowest BCUT2D eigenvalue weighted by Gasteiger charge is -2.26. The number of anilines is 1. The second-order valence-electron chi connectivity index (χ2n) is 6.79. The number of piperidine rings is 1. The van der Waals surface area contributed by atoms with Crippen LogP contribution < -0.4 is 14.8 Å². The molecule has 0 atom stereocenters. The van der Waals surface area contributed by atoms with Gasteiger partial charge in [-0.25, -0.2) is 0 Å². The van der Waals surface area contributed by atoms with Crippen molar-refractivity contribution in [1.29, 1.82) is 0 Å². The zero-order valence-electron chi connectivity index (χ0n) is 16.2. The summed E-state index contributed by atoms with van der Waals surface area (Å²) in [5.74, 6) is 1.04. The number of ether oxygens (including phenoxy) is 2. The highest BCUT2D eigenvalue weighted by molar-refractivity contribution is 6.04. The number of hydrogen-bond acceptors (Lipinski definition) is 4. The van der Waals surface area contributed by atoms with E-state index in [9.17, 15) is 4.79 Å². The van der Waals surface area contributed by atoms with E-state index in [0.717, 1.165) is 25.3 Å². The average molecular weight is 368 g/mol. The lowest BCUT2D eigenvalue weighted by atomic mass is 10.1. The van der Waals surface area contributed by atoms with E-state index in [-0.39, 0.29) is 5.91 Å². The minimum atomic E-state index is -0.159. The summed E-state index contributed by atoms with van der Waals surface area (Å²) in [6.07, 6.45) is 3.88. The Hall–Kier alpha value is -2.53. The van der Waals surface area contributed by atoms with E-state index in [1.54, 1.807) is 25.3 Å². The molecule has 2 aromatic carbocycles. The maximum Gasteiger partial charge on any atom is 0.255 e. The molecule has 0 unspecified atom stereocenters. The van der Waals surface area contributed by atoms with Crippen LogP contribution in [0.2, 0.25) is 0 Å². The van der Waals surface area contributed by atoms with Gasteiger partial charge in [-0.05, 0) is 68.8 Å². The smallest absolute Gasteiger partial charge is 0.255 e. The number of carbonyl (C=O) groups is 1. The van der Waals surface area contributed by atoms with Gasteiger partial charge in [0.1, 0.15) is 0 Å². The second kappa shape index (κ2) is 9.42. The first-order chi connectivity index (χ1) is 13.2. The molecule has 1 heterocycles. The van der Waals surface area contributed by atoms with Gasteiger partial charge in [0, 0.05) is 17.8 Å². The van der Waals surface area contributed by atoms with Crippen LogP contribution in [0, 0.1) is 0 Å². The average Bonchev–Trinajstić information content (AvgIpc) is 2.69.